The summed E-state index contributed by atoms with van der Waals surface area (Å²) >= 11 is 3.49. The van der Waals surface area contributed by atoms with Crippen molar-refractivity contribution >= 4 is 21.6 Å². The average molecular weight is 350 g/mol. The maximum Gasteiger partial charge on any atom is 0.124 e. The summed E-state index contributed by atoms with van der Waals surface area (Å²) < 4.78 is 6.56. The van der Waals surface area contributed by atoms with E-state index in [-0.39, 0.29) is 12.6 Å². The molecule has 0 aromatic heterocycles. The van der Waals surface area contributed by atoms with Gasteiger partial charge in [-0.25, -0.2) is 0 Å². The van der Waals surface area contributed by atoms with E-state index in [0.717, 1.165) is 21.5 Å². The summed E-state index contributed by atoms with van der Waals surface area (Å²) in [4.78, 5) is 0. The summed E-state index contributed by atoms with van der Waals surface area (Å²) in [5, 5.41) is 12.9. The lowest BCUT2D eigenvalue weighted by Crippen LogP contribution is -2.07. The third-order valence-corrected chi connectivity index (χ3v) is 3.76. The van der Waals surface area contributed by atoms with Crippen molar-refractivity contribution in [2.75, 3.05) is 11.9 Å². The Balaban J connectivity index is 2.15. The van der Waals surface area contributed by atoms with Crippen LogP contribution in [0.15, 0.2) is 46.9 Å². The summed E-state index contributed by atoms with van der Waals surface area (Å²) in [5.41, 5.74) is 2.96. The van der Waals surface area contributed by atoms with Crippen molar-refractivity contribution in [1.29, 1.82) is 0 Å². The number of hydrogen-bond acceptors (Lipinski definition) is 3. The normalized spacial score (nSPS) is 12.0. The Morgan fingerprint density at radius 2 is 2.05 bits per heavy atom. The second-order valence-corrected chi connectivity index (χ2v) is 5.75. The fourth-order valence-electron chi connectivity index (χ4n) is 2.20. The van der Waals surface area contributed by atoms with Crippen LogP contribution in [0.2, 0.25) is 0 Å². The summed E-state index contributed by atoms with van der Waals surface area (Å²) in [6, 6.07) is 14.2. The predicted octanol–water partition coefficient (Wildman–Crippen LogP) is 4.51. The molecule has 0 aliphatic heterocycles. The first-order valence-electron chi connectivity index (χ1n) is 7.02. The highest BCUT2D eigenvalue weighted by Crippen LogP contribution is 2.26. The van der Waals surface area contributed by atoms with Gasteiger partial charge in [-0.1, -0.05) is 28.1 Å². The Bertz CT molecular complexity index is 601. The van der Waals surface area contributed by atoms with E-state index in [9.17, 15) is 5.11 Å². The van der Waals surface area contributed by atoms with E-state index in [1.807, 2.05) is 37.3 Å². The number of hydrogen-bond donors (Lipinski definition) is 2. The summed E-state index contributed by atoms with van der Waals surface area (Å²) in [5.74, 6) is 0.737. The van der Waals surface area contributed by atoms with Crippen LogP contribution >= 0.6 is 15.9 Å². The van der Waals surface area contributed by atoms with Gasteiger partial charge in [0, 0.05) is 21.8 Å². The van der Waals surface area contributed by atoms with Gasteiger partial charge in [0.05, 0.1) is 13.2 Å². The van der Waals surface area contributed by atoms with Crippen molar-refractivity contribution < 1.29 is 9.84 Å². The Morgan fingerprint density at radius 3 is 2.71 bits per heavy atom. The molecule has 112 valence electrons. The largest absolute Gasteiger partial charge is 0.494 e. The molecule has 2 aromatic carbocycles. The molecule has 2 aromatic rings. The lowest BCUT2D eigenvalue weighted by atomic mass is 10.1. The fourth-order valence-corrected chi connectivity index (χ4v) is 2.62. The van der Waals surface area contributed by atoms with Crippen LogP contribution < -0.4 is 10.1 Å². The molecule has 1 atom stereocenters. The lowest BCUT2D eigenvalue weighted by molar-refractivity contribution is 0.267. The van der Waals surface area contributed by atoms with Gasteiger partial charge in [-0.05, 0) is 49.7 Å². The van der Waals surface area contributed by atoms with Gasteiger partial charge in [-0.15, -0.1) is 0 Å². The first kappa shape index (κ1) is 15.9. The third-order valence-electron chi connectivity index (χ3n) is 3.26. The van der Waals surface area contributed by atoms with Gasteiger partial charge < -0.3 is 15.2 Å². The molecule has 0 saturated heterocycles. The molecule has 0 fully saturated rings. The summed E-state index contributed by atoms with van der Waals surface area (Å²) in [6.45, 7) is 4.60. The number of nitrogens with one attached hydrogen (secondary N) is 1. The van der Waals surface area contributed by atoms with Gasteiger partial charge in [0.15, 0.2) is 0 Å². The van der Waals surface area contributed by atoms with Crippen molar-refractivity contribution in [3.63, 3.8) is 0 Å². The Labute approximate surface area is 134 Å². The molecular weight excluding hydrogens is 330 g/mol. The smallest absolute Gasteiger partial charge is 0.124 e. The maximum atomic E-state index is 9.44. The highest BCUT2D eigenvalue weighted by atomic mass is 79.9. The van der Waals surface area contributed by atoms with E-state index in [0.29, 0.717) is 6.61 Å². The van der Waals surface area contributed by atoms with Gasteiger partial charge in [0.2, 0.25) is 0 Å². The predicted molar refractivity (Wildman–Crippen MR) is 89.7 cm³/mol. The maximum absolute atomic E-state index is 9.44. The van der Waals surface area contributed by atoms with Crippen LogP contribution in [0, 0.1) is 0 Å². The van der Waals surface area contributed by atoms with Crippen molar-refractivity contribution in [2.24, 2.45) is 0 Å². The van der Waals surface area contributed by atoms with Crippen molar-refractivity contribution in [3.05, 3.63) is 58.1 Å². The number of aliphatic hydroxyl groups is 1. The minimum absolute atomic E-state index is 0.0316. The van der Waals surface area contributed by atoms with Crippen LogP contribution in [0.3, 0.4) is 0 Å². The fraction of sp³-hybridized carbons (Fsp3) is 0.294. The molecule has 0 saturated carbocycles. The van der Waals surface area contributed by atoms with Gasteiger partial charge in [0.25, 0.3) is 0 Å². The minimum Gasteiger partial charge on any atom is -0.494 e. The first-order valence-corrected chi connectivity index (χ1v) is 7.82. The molecule has 1 unspecified atom stereocenters. The highest BCUT2D eigenvalue weighted by Gasteiger charge is 2.08. The first-order chi connectivity index (χ1) is 10.1. The van der Waals surface area contributed by atoms with Gasteiger partial charge in [-0.2, -0.15) is 0 Å². The van der Waals surface area contributed by atoms with Crippen molar-refractivity contribution in [1.82, 2.24) is 0 Å². The quantitative estimate of drug-likeness (QED) is 0.805. The number of benzene rings is 2. The molecule has 21 heavy (non-hydrogen) atoms. The zero-order valence-electron chi connectivity index (χ0n) is 12.3. The number of rotatable bonds is 6. The van der Waals surface area contributed by atoms with E-state index in [1.54, 1.807) is 0 Å². The van der Waals surface area contributed by atoms with E-state index in [1.165, 1.54) is 5.56 Å². The molecule has 3 nitrogen and oxygen atoms in total. The molecule has 2 N–H and O–H groups in total. The highest BCUT2D eigenvalue weighted by molar-refractivity contribution is 9.10. The van der Waals surface area contributed by atoms with Crippen molar-refractivity contribution in [3.8, 4) is 5.75 Å². The second kappa shape index (κ2) is 7.48. The van der Waals surface area contributed by atoms with Crippen LogP contribution in [0.4, 0.5) is 5.69 Å². The van der Waals surface area contributed by atoms with E-state index in [4.69, 9.17) is 4.74 Å². The molecule has 0 spiro atoms. The van der Waals surface area contributed by atoms with Crippen LogP contribution in [0.25, 0.3) is 0 Å². The zero-order chi connectivity index (χ0) is 15.2. The molecular formula is C17H20BrNO2. The van der Waals surface area contributed by atoms with E-state index in [2.05, 4.69) is 40.3 Å². The monoisotopic (exact) mass is 349 g/mol. The molecule has 0 aliphatic carbocycles. The zero-order valence-corrected chi connectivity index (χ0v) is 13.9. The molecule has 0 radical (unpaired) electrons. The molecule has 4 heteroatoms. The molecule has 0 amide bonds. The van der Waals surface area contributed by atoms with Crippen LogP contribution in [-0.2, 0) is 6.61 Å². The molecule has 0 heterocycles. The van der Waals surface area contributed by atoms with Crippen LogP contribution in [-0.4, -0.2) is 11.7 Å². The van der Waals surface area contributed by atoms with E-state index < -0.39 is 0 Å². The average Bonchev–Trinajstić information content (AvgIpc) is 2.49. The summed E-state index contributed by atoms with van der Waals surface area (Å²) in [6.07, 6.45) is 0. The summed E-state index contributed by atoms with van der Waals surface area (Å²) in [7, 11) is 0. The SMILES string of the molecule is CCOc1ccc(NC(C)c2cccc(Br)c2)cc1CO. The van der Waals surface area contributed by atoms with Crippen LogP contribution in [0.5, 0.6) is 5.75 Å². The molecule has 2 rings (SSSR count). The molecule has 0 aliphatic rings. The van der Waals surface area contributed by atoms with Gasteiger partial charge in [0.1, 0.15) is 5.75 Å². The van der Waals surface area contributed by atoms with Crippen molar-refractivity contribution in [2.45, 2.75) is 26.5 Å². The number of anilines is 1. The second-order valence-electron chi connectivity index (χ2n) is 4.83. The molecule has 0 bridgehead atoms. The third kappa shape index (κ3) is 4.22. The van der Waals surface area contributed by atoms with Gasteiger partial charge in [-0.3, -0.25) is 0 Å². The Kier molecular flexibility index (Phi) is 5.65. The Hall–Kier alpha value is -1.52. The number of ether oxygens (including phenoxy) is 1. The number of halogens is 1. The van der Waals surface area contributed by atoms with Gasteiger partial charge >= 0.3 is 0 Å². The van der Waals surface area contributed by atoms with E-state index >= 15 is 0 Å². The lowest BCUT2D eigenvalue weighted by Gasteiger charge is -2.18. The van der Waals surface area contributed by atoms with Crippen LogP contribution in [0.1, 0.15) is 31.0 Å². The Morgan fingerprint density at radius 1 is 1.24 bits per heavy atom. The number of aliphatic hydroxyl groups excluding tert-OH is 1. The minimum atomic E-state index is -0.0316. The standard InChI is InChI=1S/C17H20BrNO2/c1-3-21-17-8-7-16(10-14(17)11-20)19-12(2)13-5-4-6-15(18)9-13/h4-10,12,19-20H,3,11H2,1-2H3. The topological polar surface area (TPSA) is 41.5 Å².